The van der Waals surface area contributed by atoms with E-state index in [4.69, 9.17) is 0 Å². The van der Waals surface area contributed by atoms with Gasteiger partial charge in [-0.2, -0.15) is 0 Å². The van der Waals surface area contributed by atoms with Crippen LogP contribution < -0.4 is 4.90 Å². The summed E-state index contributed by atoms with van der Waals surface area (Å²) in [5.41, 5.74) is 4.94. The van der Waals surface area contributed by atoms with Gasteiger partial charge in [-0.3, -0.25) is 9.69 Å². The molecule has 0 atom stereocenters. The molecule has 2 heterocycles. The summed E-state index contributed by atoms with van der Waals surface area (Å²) < 4.78 is 0. The number of amides is 1. The zero-order valence-corrected chi connectivity index (χ0v) is 16.1. The van der Waals surface area contributed by atoms with Crippen molar-refractivity contribution in [2.24, 2.45) is 0 Å². The van der Waals surface area contributed by atoms with E-state index < -0.39 is 0 Å². The summed E-state index contributed by atoms with van der Waals surface area (Å²) in [6.45, 7) is 4.61. The number of likely N-dealkylation sites (N-methyl/N-ethyl adjacent to an activating group) is 1. The van der Waals surface area contributed by atoms with Gasteiger partial charge >= 0.3 is 0 Å². The highest BCUT2D eigenvalue weighted by Crippen LogP contribution is 2.35. The van der Waals surface area contributed by atoms with Crippen LogP contribution in [0.15, 0.2) is 54.6 Å². The van der Waals surface area contributed by atoms with E-state index in [9.17, 15) is 4.79 Å². The van der Waals surface area contributed by atoms with E-state index >= 15 is 0 Å². The fourth-order valence-electron chi connectivity index (χ4n) is 4.30. The number of aromatic amines is 1. The van der Waals surface area contributed by atoms with Crippen LogP contribution in [-0.2, 0) is 4.79 Å². The maximum Gasteiger partial charge on any atom is 0.240 e. The van der Waals surface area contributed by atoms with Crippen LogP contribution in [0.4, 0.5) is 5.69 Å². The average Bonchev–Trinajstić information content (AvgIpc) is 3.04. The number of hydrogen-bond acceptors (Lipinski definition) is 2. The van der Waals surface area contributed by atoms with Crippen molar-refractivity contribution in [2.75, 3.05) is 31.6 Å². The number of hydrogen-bond donors (Lipinski definition) is 1. The van der Waals surface area contributed by atoms with E-state index in [2.05, 4.69) is 41.1 Å². The van der Waals surface area contributed by atoms with Crippen molar-refractivity contribution in [3.63, 3.8) is 0 Å². The van der Waals surface area contributed by atoms with E-state index in [0.29, 0.717) is 12.5 Å². The molecule has 0 unspecified atom stereocenters. The molecule has 0 spiro atoms. The quantitative estimate of drug-likeness (QED) is 0.752. The number of carbonyl (C=O) groups excluding carboxylic acids is 1. The van der Waals surface area contributed by atoms with Gasteiger partial charge in [0.05, 0.1) is 6.54 Å². The minimum absolute atomic E-state index is 0.155. The number of likely N-dealkylation sites (tertiary alicyclic amines) is 1. The Balaban J connectivity index is 1.39. The van der Waals surface area contributed by atoms with Crippen molar-refractivity contribution in [2.45, 2.75) is 25.7 Å². The zero-order chi connectivity index (χ0) is 18.8. The second kappa shape index (κ2) is 7.57. The summed E-state index contributed by atoms with van der Waals surface area (Å²) in [5.74, 6) is 0.724. The van der Waals surface area contributed by atoms with Crippen molar-refractivity contribution in [1.82, 2.24) is 9.88 Å². The van der Waals surface area contributed by atoms with Gasteiger partial charge in [0.2, 0.25) is 5.91 Å². The zero-order valence-electron chi connectivity index (χ0n) is 16.1. The lowest BCUT2D eigenvalue weighted by Gasteiger charge is -2.33. The van der Waals surface area contributed by atoms with Crippen LogP contribution in [0.2, 0.25) is 0 Å². The van der Waals surface area contributed by atoms with Gasteiger partial charge in [0, 0.05) is 29.3 Å². The van der Waals surface area contributed by atoms with Crippen molar-refractivity contribution in [3.8, 4) is 0 Å². The van der Waals surface area contributed by atoms with Crippen molar-refractivity contribution in [3.05, 3.63) is 65.9 Å². The molecule has 1 amide bonds. The summed E-state index contributed by atoms with van der Waals surface area (Å²) in [6.07, 6.45) is 2.20. The smallest absolute Gasteiger partial charge is 0.240 e. The molecule has 3 aromatic rings. The number of nitrogens with zero attached hydrogens (tertiary/aromatic N) is 2. The molecule has 2 aromatic carbocycles. The first-order valence-corrected chi connectivity index (χ1v) is 9.74. The molecular formula is C23H27N3O. The number of benzene rings is 2. The van der Waals surface area contributed by atoms with E-state index in [1.807, 2.05) is 37.4 Å². The largest absolute Gasteiger partial charge is 0.358 e. The summed E-state index contributed by atoms with van der Waals surface area (Å²) in [4.78, 5) is 20.2. The van der Waals surface area contributed by atoms with Gasteiger partial charge in [-0.15, -0.1) is 0 Å². The number of aromatic nitrogens is 1. The normalized spacial score (nSPS) is 15.9. The predicted molar refractivity (Wildman–Crippen MR) is 111 cm³/mol. The molecule has 0 aliphatic carbocycles. The van der Waals surface area contributed by atoms with Gasteiger partial charge in [0.25, 0.3) is 0 Å². The van der Waals surface area contributed by atoms with Crippen LogP contribution >= 0.6 is 0 Å². The molecule has 140 valence electrons. The fourth-order valence-corrected chi connectivity index (χ4v) is 4.30. The third-order valence-electron chi connectivity index (χ3n) is 5.82. The Bertz CT molecular complexity index is 923. The van der Waals surface area contributed by atoms with Gasteiger partial charge in [-0.1, -0.05) is 36.4 Å². The number of anilines is 1. The molecule has 0 bridgehead atoms. The van der Waals surface area contributed by atoms with Gasteiger partial charge in [0.1, 0.15) is 0 Å². The molecule has 4 nitrogen and oxygen atoms in total. The number of H-pyrrole nitrogens is 1. The second-order valence-electron chi connectivity index (χ2n) is 7.55. The van der Waals surface area contributed by atoms with Gasteiger partial charge < -0.3 is 9.88 Å². The summed E-state index contributed by atoms with van der Waals surface area (Å²) >= 11 is 0. The Kier molecular flexibility index (Phi) is 4.99. The molecule has 1 aliphatic heterocycles. The van der Waals surface area contributed by atoms with E-state index in [-0.39, 0.29) is 5.91 Å². The van der Waals surface area contributed by atoms with Crippen LogP contribution in [0.1, 0.15) is 30.0 Å². The minimum Gasteiger partial charge on any atom is -0.358 e. The van der Waals surface area contributed by atoms with Crippen molar-refractivity contribution in [1.29, 1.82) is 0 Å². The van der Waals surface area contributed by atoms with E-state index in [0.717, 1.165) is 31.6 Å². The Morgan fingerprint density at radius 2 is 1.74 bits per heavy atom. The van der Waals surface area contributed by atoms with Crippen molar-refractivity contribution >= 4 is 22.5 Å². The van der Waals surface area contributed by atoms with Crippen LogP contribution in [0.25, 0.3) is 10.9 Å². The molecule has 4 heteroatoms. The van der Waals surface area contributed by atoms with Gasteiger partial charge in [-0.05, 0) is 62.5 Å². The maximum absolute atomic E-state index is 12.6. The third-order valence-corrected chi connectivity index (χ3v) is 5.82. The molecule has 0 saturated carbocycles. The second-order valence-corrected chi connectivity index (χ2v) is 7.55. The number of aryl methyl sites for hydroxylation is 1. The lowest BCUT2D eigenvalue weighted by atomic mass is 9.87. The summed E-state index contributed by atoms with van der Waals surface area (Å²) in [5, 5.41) is 1.35. The number of piperidine rings is 1. The van der Waals surface area contributed by atoms with Crippen molar-refractivity contribution < 1.29 is 4.79 Å². The maximum atomic E-state index is 12.6. The number of rotatable bonds is 4. The highest BCUT2D eigenvalue weighted by molar-refractivity contribution is 5.94. The Labute approximate surface area is 160 Å². The molecule has 1 saturated heterocycles. The molecule has 1 aromatic heterocycles. The highest BCUT2D eigenvalue weighted by Gasteiger charge is 2.26. The topological polar surface area (TPSA) is 39.3 Å². The van der Waals surface area contributed by atoms with Crippen LogP contribution in [0.3, 0.4) is 0 Å². The number of fused-ring (bicyclic) bond motifs is 1. The average molecular weight is 361 g/mol. The summed E-state index contributed by atoms with van der Waals surface area (Å²) in [7, 11) is 1.86. The standard InChI is InChI=1S/C23H27N3O/c1-17-23(20-10-6-7-11-21(20)24-17)18-12-14-26(15-13-18)16-22(27)25(2)19-8-4-3-5-9-19/h3-11,18,24H,12-16H2,1-2H3. The molecule has 0 radical (unpaired) electrons. The minimum atomic E-state index is 0.155. The SMILES string of the molecule is Cc1[nH]c2ccccc2c1C1CCN(CC(=O)N(C)c2ccccc2)CC1. The lowest BCUT2D eigenvalue weighted by Crippen LogP contribution is -2.42. The first-order chi connectivity index (χ1) is 13.1. The summed E-state index contributed by atoms with van der Waals surface area (Å²) in [6, 6.07) is 18.4. The van der Waals surface area contributed by atoms with E-state index in [1.165, 1.54) is 22.2 Å². The molecule has 4 rings (SSSR count). The van der Waals surface area contributed by atoms with Gasteiger partial charge in [0.15, 0.2) is 0 Å². The molecule has 1 fully saturated rings. The number of carbonyl (C=O) groups is 1. The highest BCUT2D eigenvalue weighted by atomic mass is 16.2. The Morgan fingerprint density at radius 3 is 2.48 bits per heavy atom. The Morgan fingerprint density at radius 1 is 1.07 bits per heavy atom. The first-order valence-electron chi connectivity index (χ1n) is 9.74. The molecule has 27 heavy (non-hydrogen) atoms. The molecule has 1 N–H and O–H groups in total. The first kappa shape index (κ1) is 17.8. The van der Waals surface area contributed by atoms with Crippen LogP contribution in [-0.4, -0.2) is 42.5 Å². The molecule has 1 aliphatic rings. The molecular weight excluding hydrogens is 334 g/mol. The lowest BCUT2D eigenvalue weighted by molar-refractivity contribution is -0.119. The third kappa shape index (κ3) is 3.62. The predicted octanol–water partition coefficient (Wildman–Crippen LogP) is 4.32. The van der Waals surface area contributed by atoms with Gasteiger partial charge in [-0.25, -0.2) is 0 Å². The van der Waals surface area contributed by atoms with E-state index in [1.54, 1.807) is 4.90 Å². The number of nitrogens with one attached hydrogen (secondary N) is 1. The Hall–Kier alpha value is -2.59. The fraction of sp³-hybridized carbons (Fsp3) is 0.348. The number of para-hydroxylation sites is 2. The van der Waals surface area contributed by atoms with Crippen LogP contribution in [0, 0.1) is 6.92 Å². The van der Waals surface area contributed by atoms with Crippen LogP contribution in [0.5, 0.6) is 0 Å². The monoisotopic (exact) mass is 361 g/mol.